The number of thioether (sulfide) groups is 1. The van der Waals surface area contributed by atoms with Gasteiger partial charge in [0.05, 0.1) is 12.7 Å². The SMILES string of the molecule is COc1ccc(-c2cc(SC)c(C#N)c3c2CCC=C3)cc1. The molecule has 2 aromatic carbocycles. The van der Waals surface area contributed by atoms with Gasteiger partial charge >= 0.3 is 0 Å². The summed E-state index contributed by atoms with van der Waals surface area (Å²) in [5.41, 5.74) is 5.57. The molecule has 0 aromatic heterocycles. The average Bonchev–Trinajstić information content (AvgIpc) is 2.60. The van der Waals surface area contributed by atoms with Crippen LogP contribution in [0, 0.1) is 11.3 Å². The topological polar surface area (TPSA) is 33.0 Å². The van der Waals surface area contributed by atoms with Crippen molar-refractivity contribution in [2.75, 3.05) is 13.4 Å². The molecule has 0 fully saturated rings. The van der Waals surface area contributed by atoms with Crippen LogP contribution < -0.4 is 4.74 Å². The first-order valence-corrected chi connectivity index (χ1v) is 8.46. The Kier molecular flexibility index (Phi) is 4.22. The Morgan fingerprint density at radius 3 is 2.64 bits per heavy atom. The molecule has 1 aliphatic rings. The van der Waals surface area contributed by atoms with Crippen LogP contribution in [-0.2, 0) is 6.42 Å². The van der Waals surface area contributed by atoms with Gasteiger partial charge in [-0.15, -0.1) is 11.8 Å². The van der Waals surface area contributed by atoms with E-state index in [1.807, 2.05) is 18.4 Å². The molecule has 1 aliphatic carbocycles. The molecule has 0 saturated heterocycles. The van der Waals surface area contributed by atoms with Crippen molar-refractivity contribution in [2.45, 2.75) is 17.7 Å². The van der Waals surface area contributed by atoms with Gasteiger partial charge < -0.3 is 4.74 Å². The Balaban J connectivity index is 2.23. The van der Waals surface area contributed by atoms with Gasteiger partial charge in [-0.25, -0.2) is 0 Å². The first-order chi connectivity index (χ1) is 10.8. The van der Waals surface area contributed by atoms with Crippen molar-refractivity contribution >= 4 is 17.8 Å². The van der Waals surface area contributed by atoms with Crippen LogP contribution in [0.25, 0.3) is 17.2 Å². The van der Waals surface area contributed by atoms with Crippen LogP contribution in [0.4, 0.5) is 0 Å². The van der Waals surface area contributed by atoms with E-state index in [2.05, 4.69) is 36.4 Å². The molecular formula is C19H17NOS. The number of ether oxygens (including phenoxy) is 1. The molecule has 3 rings (SSSR count). The van der Waals surface area contributed by atoms with Crippen molar-refractivity contribution in [2.24, 2.45) is 0 Å². The molecule has 110 valence electrons. The molecular weight excluding hydrogens is 290 g/mol. The molecule has 0 saturated carbocycles. The molecule has 0 heterocycles. The molecule has 3 heteroatoms. The van der Waals surface area contributed by atoms with Crippen LogP contribution in [0.3, 0.4) is 0 Å². The van der Waals surface area contributed by atoms with Gasteiger partial charge in [0.1, 0.15) is 11.8 Å². The first-order valence-electron chi connectivity index (χ1n) is 7.23. The number of hydrogen-bond donors (Lipinski definition) is 0. The van der Waals surface area contributed by atoms with Crippen molar-refractivity contribution in [1.29, 1.82) is 5.26 Å². The lowest BCUT2D eigenvalue weighted by Gasteiger charge is -2.19. The number of rotatable bonds is 3. The zero-order chi connectivity index (χ0) is 15.5. The van der Waals surface area contributed by atoms with E-state index in [4.69, 9.17) is 4.74 Å². The van der Waals surface area contributed by atoms with Gasteiger partial charge in [0.15, 0.2) is 0 Å². The summed E-state index contributed by atoms with van der Waals surface area (Å²) in [7, 11) is 1.68. The Hall–Kier alpha value is -2.18. The Morgan fingerprint density at radius 1 is 1.23 bits per heavy atom. The quantitative estimate of drug-likeness (QED) is 0.755. The molecule has 0 radical (unpaired) electrons. The second-order valence-corrected chi connectivity index (χ2v) is 6.02. The summed E-state index contributed by atoms with van der Waals surface area (Å²) in [5, 5.41) is 9.52. The lowest BCUT2D eigenvalue weighted by Crippen LogP contribution is -2.02. The van der Waals surface area contributed by atoms with E-state index in [1.165, 1.54) is 16.7 Å². The maximum Gasteiger partial charge on any atom is 0.118 e. The minimum Gasteiger partial charge on any atom is -0.497 e. The van der Waals surface area contributed by atoms with E-state index >= 15 is 0 Å². The van der Waals surface area contributed by atoms with E-state index in [0.29, 0.717) is 0 Å². The first kappa shape index (κ1) is 14.7. The maximum absolute atomic E-state index is 9.52. The molecule has 2 aromatic rings. The van der Waals surface area contributed by atoms with Gasteiger partial charge in [0.2, 0.25) is 0 Å². The summed E-state index contributed by atoms with van der Waals surface area (Å²) in [6.45, 7) is 0. The van der Waals surface area contributed by atoms with E-state index < -0.39 is 0 Å². The van der Waals surface area contributed by atoms with Crippen LogP contribution in [0.15, 0.2) is 41.3 Å². The van der Waals surface area contributed by atoms with E-state index in [0.717, 1.165) is 34.6 Å². The number of hydrogen-bond acceptors (Lipinski definition) is 3. The predicted octanol–water partition coefficient (Wildman–Crippen LogP) is 4.92. The highest BCUT2D eigenvalue weighted by atomic mass is 32.2. The third-order valence-electron chi connectivity index (χ3n) is 4.02. The molecule has 0 amide bonds. The van der Waals surface area contributed by atoms with Gasteiger partial charge in [-0.2, -0.15) is 5.26 Å². The summed E-state index contributed by atoms with van der Waals surface area (Å²) in [6.07, 6.45) is 8.29. The molecule has 0 N–H and O–H groups in total. The molecule has 2 nitrogen and oxygen atoms in total. The summed E-state index contributed by atoms with van der Waals surface area (Å²) in [6, 6.07) is 12.7. The fourth-order valence-corrected chi connectivity index (χ4v) is 3.50. The van der Waals surface area contributed by atoms with Crippen molar-refractivity contribution < 1.29 is 4.74 Å². The maximum atomic E-state index is 9.52. The fourth-order valence-electron chi connectivity index (χ4n) is 2.91. The summed E-state index contributed by atoms with van der Waals surface area (Å²) >= 11 is 1.63. The third-order valence-corrected chi connectivity index (χ3v) is 4.78. The Bertz CT molecular complexity index is 770. The fraction of sp³-hybridized carbons (Fsp3) is 0.211. The lowest BCUT2D eigenvalue weighted by molar-refractivity contribution is 0.415. The van der Waals surface area contributed by atoms with E-state index in [1.54, 1.807) is 18.9 Å². The summed E-state index contributed by atoms with van der Waals surface area (Å²) in [4.78, 5) is 1.04. The second kappa shape index (κ2) is 6.29. The number of nitriles is 1. The van der Waals surface area contributed by atoms with E-state index in [-0.39, 0.29) is 0 Å². The molecule has 0 atom stereocenters. The van der Waals surface area contributed by atoms with Gasteiger partial charge in [0.25, 0.3) is 0 Å². The van der Waals surface area contributed by atoms with Crippen LogP contribution in [0.5, 0.6) is 5.75 Å². The lowest BCUT2D eigenvalue weighted by atomic mass is 9.86. The minimum atomic E-state index is 0.802. The largest absolute Gasteiger partial charge is 0.497 e. The molecule has 0 bridgehead atoms. The monoisotopic (exact) mass is 307 g/mol. The minimum absolute atomic E-state index is 0.802. The summed E-state index contributed by atoms with van der Waals surface area (Å²) < 4.78 is 5.24. The van der Waals surface area contributed by atoms with Gasteiger partial charge in [-0.1, -0.05) is 24.3 Å². The van der Waals surface area contributed by atoms with Crippen molar-refractivity contribution in [3.8, 4) is 22.9 Å². The number of nitrogens with zero attached hydrogens (tertiary/aromatic N) is 1. The van der Waals surface area contributed by atoms with Crippen molar-refractivity contribution in [1.82, 2.24) is 0 Å². The third kappa shape index (κ3) is 2.51. The normalized spacial score (nSPS) is 12.6. The molecule has 22 heavy (non-hydrogen) atoms. The number of benzene rings is 2. The van der Waals surface area contributed by atoms with Crippen LogP contribution in [0.2, 0.25) is 0 Å². The van der Waals surface area contributed by atoms with E-state index in [9.17, 15) is 5.26 Å². The molecule has 0 aliphatic heterocycles. The predicted molar refractivity (Wildman–Crippen MR) is 92.3 cm³/mol. The average molecular weight is 307 g/mol. The number of methoxy groups -OCH3 is 1. The Morgan fingerprint density at radius 2 is 2.00 bits per heavy atom. The zero-order valence-corrected chi connectivity index (χ0v) is 13.5. The van der Waals surface area contributed by atoms with Crippen LogP contribution in [0.1, 0.15) is 23.1 Å². The summed E-state index contributed by atoms with van der Waals surface area (Å²) in [5.74, 6) is 0.858. The smallest absolute Gasteiger partial charge is 0.118 e. The zero-order valence-electron chi connectivity index (χ0n) is 12.7. The Labute approximate surface area is 135 Å². The van der Waals surface area contributed by atoms with Gasteiger partial charge in [-0.05, 0) is 59.6 Å². The van der Waals surface area contributed by atoms with Gasteiger partial charge in [0, 0.05) is 4.90 Å². The second-order valence-electron chi connectivity index (χ2n) is 5.17. The van der Waals surface area contributed by atoms with Crippen LogP contribution >= 0.6 is 11.8 Å². The van der Waals surface area contributed by atoms with Crippen molar-refractivity contribution in [3.05, 3.63) is 53.1 Å². The highest BCUT2D eigenvalue weighted by Crippen LogP contribution is 2.38. The van der Waals surface area contributed by atoms with Gasteiger partial charge in [-0.3, -0.25) is 0 Å². The number of allylic oxidation sites excluding steroid dienone is 1. The standard InChI is InChI=1S/C19H17NOS/c1-21-14-9-7-13(8-10-14)17-11-19(22-2)18(12-20)16-6-4-3-5-15(16)17/h4,6-11H,3,5H2,1-2H3. The molecule has 0 spiro atoms. The highest BCUT2D eigenvalue weighted by molar-refractivity contribution is 7.98. The van der Waals surface area contributed by atoms with Crippen molar-refractivity contribution in [3.63, 3.8) is 0 Å². The van der Waals surface area contributed by atoms with Crippen LogP contribution in [-0.4, -0.2) is 13.4 Å². The highest BCUT2D eigenvalue weighted by Gasteiger charge is 2.18. The number of fused-ring (bicyclic) bond motifs is 1. The molecule has 0 unspecified atom stereocenters.